The lowest BCUT2D eigenvalue weighted by Crippen LogP contribution is -2.28. The zero-order valence-corrected chi connectivity index (χ0v) is 15.9. The van der Waals surface area contributed by atoms with E-state index in [1.54, 1.807) is 36.5 Å². The maximum Gasteiger partial charge on any atom is 0.276 e. The molecular formula is C23H17N5O2. The van der Waals surface area contributed by atoms with Gasteiger partial charge in [-0.05, 0) is 17.7 Å². The zero-order chi connectivity index (χ0) is 20.5. The van der Waals surface area contributed by atoms with Gasteiger partial charge >= 0.3 is 0 Å². The van der Waals surface area contributed by atoms with Crippen LogP contribution in [0.5, 0.6) is 0 Å². The summed E-state index contributed by atoms with van der Waals surface area (Å²) in [4.78, 5) is 26.1. The van der Waals surface area contributed by atoms with Crippen LogP contribution in [-0.2, 0) is 6.54 Å². The third kappa shape index (κ3) is 3.12. The Hall–Kier alpha value is -4.26. The average Bonchev–Trinajstić information content (AvgIpc) is 3.26. The van der Waals surface area contributed by atoms with Gasteiger partial charge in [-0.3, -0.25) is 14.7 Å². The number of aromatic nitrogens is 4. The van der Waals surface area contributed by atoms with E-state index in [0.717, 1.165) is 16.5 Å². The quantitative estimate of drug-likeness (QED) is 0.487. The molecule has 5 aromatic rings. The van der Waals surface area contributed by atoms with Crippen LogP contribution < -0.4 is 10.9 Å². The van der Waals surface area contributed by atoms with Crippen LogP contribution in [0.2, 0.25) is 0 Å². The maximum atomic E-state index is 13.2. The number of fused-ring (bicyclic) bond motifs is 2. The summed E-state index contributed by atoms with van der Waals surface area (Å²) in [6.45, 7) is 0.279. The van der Waals surface area contributed by atoms with E-state index in [-0.39, 0.29) is 17.8 Å². The number of para-hydroxylation sites is 1. The highest BCUT2D eigenvalue weighted by Gasteiger charge is 2.18. The number of nitrogens with zero attached hydrogens (tertiary/aromatic N) is 3. The fraction of sp³-hybridized carbons (Fsp3) is 0.0435. The van der Waals surface area contributed by atoms with Crippen LogP contribution in [-0.4, -0.2) is 25.9 Å². The Morgan fingerprint density at radius 3 is 2.53 bits per heavy atom. The van der Waals surface area contributed by atoms with Crippen molar-refractivity contribution >= 4 is 33.3 Å². The van der Waals surface area contributed by atoms with Crippen LogP contribution in [0.15, 0.2) is 83.8 Å². The number of anilines is 1. The van der Waals surface area contributed by atoms with Crippen LogP contribution in [0, 0.1) is 0 Å². The molecule has 0 fully saturated rings. The van der Waals surface area contributed by atoms with Crippen molar-refractivity contribution in [3.05, 3.63) is 101 Å². The van der Waals surface area contributed by atoms with Gasteiger partial charge < -0.3 is 5.32 Å². The number of aromatic amines is 1. The Balaban J connectivity index is 1.60. The molecule has 3 aromatic carbocycles. The van der Waals surface area contributed by atoms with E-state index in [0.29, 0.717) is 16.5 Å². The van der Waals surface area contributed by atoms with Crippen LogP contribution in [0.1, 0.15) is 16.1 Å². The second kappa shape index (κ2) is 7.29. The van der Waals surface area contributed by atoms with Gasteiger partial charge in [0.15, 0.2) is 5.69 Å². The summed E-state index contributed by atoms with van der Waals surface area (Å²) in [6, 6.07) is 22.1. The normalized spacial score (nSPS) is 11.1. The molecule has 146 valence electrons. The molecule has 0 saturated heterocycles. The van der Waals surface area contributed by atoms with Gasteiger partial charge in [0.1, 0.15) is 0 Å². The van der Waals surface area contributed by atoms with E-state index >= 15 is 0 Å². The smallest absolute Gasteiger partial charge is 0.276 e. The Kier molecular flexibility index (Phi) is 4.33. The molecule has 0 spiro atoms. The highest BCUT2D eigenvalue weighted by atomic mass is 16.2. The lowest BCUT2D eigenvalue weighted by atomic mass is 10.1. The minimum Gasteiger partial charge on any atom is -0.319 e. The predicted molar refractivity (Wildman–Crippen MR) is 116 cm³/mol. The molecule has 2 N–H and O–H groups in total. The molecule has 2 heterocycles. The number of carbonyl (C=O) groups excluding carboxylic acids is 1. The van der Waals surface area contributed by atoms with Gasteiger partial charge in [0.25, 0.3) is 11.5 Å². The van der Waals surface area contributed by atoms with Gasteiger partial charge in [-0.1, -0.05) is 60.7 Å². The van der Waals surface area contributed by atoms with E-state index in [9.17, 15) is 9.59 Å². The minimum absolute atomic E-state index is 0.192. The van der Waals surface area contributed by atoms with Crippen molar-refractivity contribution in [2.75, 3.05) is 5.32 Å². The van der Waals surface area contributed by atoms with Crippen LogP contribution in [0.3, 0.4) is 0 Å². The molecule has 0 aliphatic heterocycles. The van der Waals surface area contributed by atoms with E-state index < -0.39 is 5.91 Å². The summed E-state index contributed by atoms with van der Waals surface area (Å²) < 4.78 is 1.34. The lowest BCUT2D eigenvalue weighted by Gasteiger charge is -2.12. The third-order valence-corrected chi connectivity index (χ3v) is 4.98. The zero-order valence-electron chi connectivity index (χ0n) is 15.9. The topological polar surface area (TPSA) is 92.7 Å². The Labute approximate surface area is 171 Å². The molecule has 7 nitrogen and oxygen atoms in total. The van der Waals surface area contributed by atoms with Crippen molar-refractivity contribution < 1.29 is 4.79 Å². The highest BCUT2D eigenvalue weighted by molar-refractivity contribution is 6.13. The first-order valence-electron chi connectivity index (χ1n) is 9.48. The maximum absolute atomic E-state index is 13.2. The van der Waals surface area contributed by atoms with Gasteiger partial charge in [-0.2, -0.15) is 10.2 Å². The van der Waals surface area contributed by atoms with Gasteiger partial charge in [0.05, 0.1) is 29.3 Å². The van der Waals surface area contributed by atoms with Crippen LogP contribution in [0.4, 0.5) is 5.69 Å². The van der Waals surface area contributed by atoms with Gasteiger partial charge in [0, 0.05) is 10.8 Å². The summed E-state index contributed by atoms with van der Waals surface area (Å²) in [6.07, 6.45) is 1.69. The Bertz CT molecular complexity index is 1440. The largest absolute Gasteiger partial charge is 0.319 e. The number of rotatable bonds is 4. The molecular weight excluding hydrogens is 378 g/mol. The molecule has 0 saturated carbocycles. The van der Waals surface area contributed by atoms with Gasteiger partial charge in [-0.15, -0.1) is 0 Å². The molecule has 1 amide bonds. The monoisotopic (exact) mass is 395 g/mol. The van der Waals surface area contributed by atoms with E-state index in [1.807, 2.05) is 42.5 Å². The molecule has 0 radical (unpaired) electrons. The number of hydrogen-bond donors (Lipinski definition) is 2. The van der Waals surface area contributed by atoms with Crippen LogP contribution in [0.25, 0.3) is 21.7 Å². The summed E-state index contributed by atoms with van der Waals surface area (Å²) in [5.74, 6) is -0.393. The van der Waals surface area contributed by atoms with Crippen molar-refractivity contribution in [1.29, 1.82) is 0 Å². The van der Waals surface area contributed by atoms with Crippen LogP contribution >= 0.6 is 0 Å². The van der Waals surface area contributed by atoms with Gasteiger partial charge in [0.2, 0.25) is 0 Å². The van der Waals surface area contributed by atoms with Crippen molar-refractivity contribution in [1.82, 2.24) is 20.0 Å². The van der Waals surface area contributed by atoms with Crippen molar-refractivity contribution in [3.63, 3.8) is 0 Å². The number of H-pyrrole nitrogens is 1. The lowest BCUT2D eigenvalue weighted by molar-refractivity contribution is 0.102. The van der Waals surface area contributed by atoms with Crippen molar-refractivity contribution in [3.8, 4) is 0 Å². The number of nitrogens with one attached hydrogen (secondary N) is 2. The number of carbonyl (C=O) groups is 1. The summed E-state index contributed by atoms with van der Waals surface area (Å²) in [7, 11) is 0. The van der Waals surface area contributed by atoms with Crippen molar-refractivity contribution in [2.45, 2.75) is 6.54 Å². The molecule has 0 unspecified atom stereocenters. The molecule has 0 atom stereocenters. The second-order valence-corrected chi connectivity index (χ2v) is 6.94. The van der Waals surface area contributed by atoms with E-state index in [4.69, 9.17) is 0 Å². The number of amides is 1. The standard InChI is InChI=1S/C23H17N5O2/c29-22(25-19-12-6-9-16-13-24-26-20(16)19)21-17-10-4-5-11-18(17)23(30)28(27-21)14-15-7-2-1-3-8-15/h1-13H,14H2,(H,24,26)(H,25,29). The molecule has 0 bridgehead atoms. The fourth-order valence-electron chi connectivity index (χ4n) is 3.52. The molecule has 0 aliphatic rings. The number of hydrogen-bond acceptors (Lipinski definition) is 4. The van der Waals surface area contributed by atoms with Crippen molar-refractivity contribution in [2.24, 2.45) is 0 Å². The highest BCUT2D eigenvalue weighted by Crippen LogP contribution is 2.22. The van der Waals surface area contributed by atoms with E-state index in [2.05, 4.69) is 20.6 Å². The Morgan fingerprint density at radius 1 is 0.933 bits per heavy atom. The molecule has 0 aliphatic carbocycles. The average molecular weight is 395 g/mol. The first-order valence-corrected chi connectivity index (χ1v) is 9.48. The first-order chi connectivity index (χ1) is 14.7. The molecule has 30 heavy (non-hydrogen) atoms. The minimum atomic E-state index is -0.393. The second-order valence-electron chi connectivity index (χ2n) is 6.94. The van der Waals surface area contributed by atoms with E-state index in [1.165, 1.54) is 4.68 Å². The SMILES string of the molecule is O=C(Nc1cccc2cn[nH]c12)c1nn(Cc2ccccc2)c(=O)c2ccccc12. The van der Waals surface area contributed by atoms with Gasteiger partial charge in [-0.25, -0.2) is 4.68 Å². The first kappa shape index (κ1) is 17.8. The molecule has 2 aromatic heterocycles. The third-order valence-electron chi connectivity index (χ3n) is 4.98. The number of benzene rings is 3. The summed E-state index contributed by atoms with van der Waals surface area (Å²) in [5, 5.41) is 16.1. The fourth-order valence-corrected chi connectivity index (χ4v) is 3.52. The summed E-state index contributed by atoms with van der Waals surface area (Å²) in [5.41, 5.74) is 2.21. The summed E-state index contributed by atoms with van der Waals surface area (Å²) >= 11 is 0. The molecule has 5 rings (SSSR count). The predicted octanol–water partition coefficient (Wildman–Crippen LogP) is 3.57. The Morgan fingerprint density at radius 2 is 1.70 bits per heavy atom. The molecule has 7 heteroatoms.